The summed E-state index contributed by atoms with van der Waals surface area (Å²) in [5, 5.41) is 2.36. The number of para-hydroxylation sites is 1. The van der Waals surface area contributed by atoms with Gasteiger partial charge < -0.3 is 9.64 Å². The number of hydrogen-bond donors (Lipinski definition) is 0. The van der Waals surface area contributed by atoms with Crippen molar-refractivity contribution in [1.82, 2.24) is 9.55 Å². The third kappa shape index (κ3) is 6.90. The highest BCUT2D eigenvalue weighted by molar-refractivity contribution is 6.14. The molecular weight excluding hydrogens is 745 g/mol. The van der Waals surface area contributed by atoms with Gasteiger partial charge in [0, 0.05) is 40.2 Å². The number of aliphatic imine (C=N–C) groups is 1. The van der Waals surface area contributed by atoms with Crippen LogP contribution in [0.4, 0.5) is 5.69 Å². The number of fused-ring (bicyclic) bond motifs is 3. The maximum atomic E-state index is 6.93. The largest absolute Gasteiger partial charge is 0.457 e. The maximum Gasteiger partial charge on any atom is 0.137 e. The predicted molar refractivity (Wildman–Crippen MR) is 255 cm³/mol. The van der Waals surface area contributed by atoms with E-state index in [1.165, 1.54) is 44.5 Å². The maximum absolute atomic E-state index is 6.93. The van der Waals surface area contributed by atoms with Gasteiger partial charge in [0.05, 0.1) is 22.1 Å². The minimum Gasteiger partial charge on any atom is -0.457 e. The molecule has 0 bridgehead atoms. The van der Waals surface area contributed by atoms with Crippen molar-refractivity contribution >= 4 is 33.3 Å². The first kappa shape index (κ1) is 40.0. The van der Waals surface area contributed by atoms with E-state index < -0.39 is 11.1 Å². The molecule has 6 aromatic carbocycles. The van der Waals surface area contributed by atoms with Gasteiger partial charge in [-0.2, -0.15) is 0 Å². The zero-order chi connectivity index (χ0) is 42.8. The molecule has 8 aromatic rings. The predicted octanol–water partition coefficient (Wildman–Crippen LogP) is 14.1. The van der Waals surface area contributed by atoms with Crippen LogP contribution in [-0.4, -0.2) is 26.5 Å². The lowest BCUT2D eigenvalue weighted by atomic mass is 9.66. The molecule has 1 atom stereocenters. The quantitative estimate of drug-likeness (QED) is 0.154. The fraction of sp³-hybridized carbons (Fsp3) is 0.250. The molecule has 0 fully saturated rings. The SMILES string of the molecule is Cc1cc(Oc2ccc3c4cc(C)ccc4n(-c4cc(C(C)(C)C)ccn4)c3c2)cc(C2=NC(C)(C)[C@](C)(C(c3ccccc3)c3ccccc3)N2c2c(C)cccc2C)c1. The number of rotatable bonds is 8. The summed E-state index contributed by atoms with van der Waals surface area (Å²) in [7, 11) is 0. The molecule has 0 aliphatic carbocycles. The summed E-state index contributed by atoms with van der Waals surface area (Å²) in [4.78, 5) is 13.2. The highest BCUT2D eigenvalue weighted by Gasteiger charge is 2.58. The van der Waals surface area contributed by atoms with Gasteiger partial charge >= 0.3 is 0 Å². The topological polar surface area (TPSA) is 42.6 Å². The Bertz CT molecular complexity index is 2910. The number of aryl methyl sites for hydroxylation is 4. The van der Waals surface area contributed by atoms with E-state index in [-0.39, 0.29) is 11.3 Å². The number of anilines is 1. The molecule has 2 aromatic heterocycles. The van der Waals surface area contributed by atoms with E-state index in [0.29, 0.717) is 0 Å². The molecule has 0 N–H and O–H groups in total. The summed E-state index contributed by atoms with van der Waals surface area (Å²) in [6, 6.07) is 52.5. The summed E-state index contributed by atoms with van der Waals surface area (Å²) in [5.74, 6) is 3.35. The van der Waals surface area contributed by atoms with Crippen LogP contribution in [0, 0.1) is 27.7 Å². The van der Waals surface area contributed by atoms with Crippen molar-refractivity contribution in [2.45, 2.75) is 91.6 Å². The minimum absolute atomic E-state index is 0.00784. The number of ether oxygens (including phenoxy) is 1. The van der Waals surface area contributed by atoms with Gasteiger partial charge in [-0.05, 0) is 142 Å². The van der Waals surface area contributed by atoms with Gasteiger partial charge in [0.2, 0.25) is 0 Å². The summed E-state index contributed by atoms with van der Waals surface area (Å²) in [6.07, 6.45) is 1.93. The number of amidine groups is 1. The number of pyridine rings is 1. The van der Waals surface area contributed by atoms with E-state index in [1.54, 1.807) is 0 Å². The molecule has 1 aliphatic rings. The Hall–Kier alpha value is -6.46. The molecule has 9 rings (SSSR count). The molecule has 0 unspecified atom stereocenters. The Morgan fingerprint density at radius 2 is 1.26 bits per heavy atom. The molecule has 306 valence electrons. The average Bonchev–Trinajstić information content (AvgIpc) is 3.65. The van der Waals surface area contributed by atoms with Crippen LogP contribution in [0.2, 0.25) is 0 Å². The zero-order valence-electron chi connectivity index (χ0n) is 37.2. The lowest BCUT2D eigenvalue weighted by Gasteiger charge is -2.50. The van der Waals surface area contributed by atoms with Gasteiger partial charge in [-0.1, -0.05) is 111 Å². The fourth-order valence-electron chi connectivity index (χ4n) is 9.73. The Balaban J connectivity index is 1.19. The summed E-state index contributed by atoms with van der Waals surface area (Å²) < 4.78 is 9.21. The molecule has 5 heteroatoms. The van der Waals surface area contributed by atoms with Crippen molar-refractivity contribution in [2.24, 2.45) is 4.99 Å². The second-order valence-corrected chi connectivity index (χ2v) is 18.8. The average molecular weight is 801 g/mol. The molecule has 3 heterocycles. The number of benzene rings is 6. The van der Waals surface area contributed by atoms with E-state index >= 15 is 0 Å². The second kappa shape index (κ2) is 14.9. The van der Waals surface area contributed by atoms with Crippen molar-refractivity contribution < 1.29 is 4.74 Å². The third-order valence-corrected chi connectivity index (χ3v) is 13.1. The fourth-order valence-corrected chi connectivity index (χ4v) is 9.73. The van der Waals surface area contributed by atoms with Crippen molar-refractivity contribution in [3.8, 4) is 17.3 Å². The van der Waals surface area contributed by atoms with Gasteiger partial charge in [-0.3, -0.25) is 9.56 Å². The van der Waals surface area contributed by atoms with Crippen molar-refractivity contribution in [2.75, 3.05) is 4.90 Å². The molecular formula is C56H56N4O. The number of nitrogens with zero attached hydrogens (tertiary/aromatic N) is 4. The minimum atomic E-state index is -0.526. The molecule has 61 heavy (non-hydrogen) atoms. The zero-order valence-corrected chi connectivity index (χ0v) is 37.2. The van der Waals surface area contributed by atoms with Gasteiger partial charge in [0.25, 0.3) is 0 Å². The second-order valence-electron chi connectivity index (χ2n) is 18.8. The van der Waals surface area contributed by atoms with Crippen LogP contribution >= 0.6 is 0 Å². The summed E-state index contributed by atoms with van der Waals surface area (Å²) in [6.45, 7) is 22.5. The van der Waals surface area contributed by atoms with Crippen LogP contribution in [0.25, 0.3) is 27.6 Å². The van der Waals surface area contributed by atoms with E-state index in [2.05, 4.69) is 224 Å². The van der Waals surface area contributed by atoms with Crippen molar-refractivity contribution in [3.63, 3.8) is 0 Å². The third-order valence-electron chi connectivity index (χ3n) is 13.1. The van der Waals surface area contributed by atoms with Gasteiger partial charge in [0.1, 0.15) is 23.2 Å². The molecule has 0 spiro atoms. The number of hydrogen-bond acceptors (Lipinski definition) is 4. The smallest absolute Gasteiger partial charge is 0.137 e. The van der Waals surface area contributed by atoms with Crippen LogP contribution in [0.5, 0.6) is 11.5 Å². The van der Waals surface area contributed by atoms with Gasteiger partial charge in [0.15, 0.2) is 0 Å². The first-order chi connectivity index (χ1) is 29.1. The molecule has 0 saturated heterocycles. The Kier molecular flexibility index (Phi) is 9.77. The Labute approximate surface area is 361 Å². The van der Waals surface area contributed by atoms with Crippen molar-refractivity contribution in [3.05, 3.63) is 196 Å². The first-order valence-electron chi connectivity index (χ1n) is 21.5. The van der Waals surface area contributed by atoms with E-state index in [0.717, 1.165) is 50.7 Å². The van der Waals surface area contributed by atoms with Crippen molar-refractivity contribution in [1.29, 1.82) is 0 Å². The van der Waals surface area contributed by atoms with Crippen LogP contribution in [-0.2, 0) is 5.41 Å². The van der Waals surface area contributed by atoms with Gasteiger partial charge in [-0.25, -0.2) is 4.98 Å². The van der Waals surface area contributed by atoms with Crippen LogP contribution < -0.4 is 9.64 Å². The molecule has 0 radical (unpaired) electrons. The molecule has 0 saturated carbocycles. The normalized spacial score (nSPS) is 16.4. The highest BCUT2D eigenvalue weighted by atomic mass is 16.5. The molecule has 5 nitrogen and oxygen atoms in total. The van der Waals surface area contributed by atoms with E-state index in [9.17, 15) is 0 Å². The first-order valence-corrected chi connectivity index (χ1v) is 21.5. The van der Waals surface area contributed by atoms with E-state index in [4.69, 9.17) is 14.7 Å². The monoisotopic (exact) mass is 800 g/mol. The summed E-state index contributed by atoms with van der Waals surface area (Å²) >= 11 is 0. The van der Waals surface area contributed by atoms with Gasteiger partial charge in [-0.15, -0.1) is 0 Å². The summed E-state index contributed by atoms with van der Waals surface area (Å²) in [5.41, 5.74) is 11.8. The Morgan fingerprint density at radius 3 is 1.92 bits per heavy atom. The Morgan fingerprint density at radius 1 is 0.590 bits per heavy atom. The van der Waals surface area contributed by atoms with Crippen LogP contribution in [0.15, 0.2) is 157 Å². The molecule has 0 amide bonds. The standard InChI is InChI=1S/C56H56N4O/c1-36-24-27-48-47(32-36)46-26-25-44(35-49(46)59(48)50-34-43(28-29-57-50)54(5,6)7)61-45-31-37(2)30-42(33-45)53-58-55(8,9)56(10,60(53)52-38(3)18-17-19-39(52)4)51(40-20-13-11-14-21-40)41-22-15-12-16-23-41/h11-35,51H,1-10H3/t56-/m0/s1. The lowest BCUT2D eigenvalue weighted by Crippen LogP contribution is -2.60. The number of aromatic nitrogens is 2. The molecule has 1 aliphatic heterocycles. The van der Waals surface area contributed by atoms with Crippen LogP contribution in [0.3, 0.4) is 0 Å². The highest BCUT2D eigenvalue weighted by Crippen LogP contribution is 2.54. The lowest BCUT2D eigenvalue weighted by molar-refractivity contribution is 0.279. The van der Waals surface area contributed by atoms with Crippen LogP contribution in [0.1, 0.15) is 92.0 Å². The van der Waals surface area contributed by atoms with E-state index in [1.807, 2.05) is 6.20 Å².